The van der Waals surface area contributed by atoms with Gasteiger partial charge in [-0.1, -0.05) is 13.8 Å². The molecule has 3 aromatic rings. The van der Waals surface area contributed by atoms with Crippen molar-refractivity contribution < 1.29 is 38.6 Å². The largest absolute Gasteiger partial charge is 0.618 e. The van der Waals surface area contributed by atoms with Gasteiger partial charge in [0.1, 0.15) is 39.2 Å². The Morgan fingerprint density at radius 3 is 2.06 bits per heavy atom. The number of hydrogen-bond donors (Lipinski definition) is 2. The molecule has 4 amide bonds. The van der Waals surface area contributed by atoms with Gasteiger partial charge in [-0.05, 0) is 128 Å². The van der Waals surface area contributed by atoms with E-state index in [9.17, 15) is 10.0 Å². The van der Waals surface area contributed by atoms with Crippen LogP contribution in [0.2, 0.25) is 0 Å². The van der Waals surface area contributed by atoms with Crippen molar-refractivity contribution in [3.63, 3.8) is 0 Å². The molecular formula is C53H60N6O8. The maximum Gasteiger partial charge on any atom is 0.250 e. The summed E-state index contributed by atoms with van der Waals surface area (Å²) in [5.41, 5.74) is -3.98. The molecule has 14 heteroatoms. The number of hydrogen-bond acceptors (Lipinski definition) is 8. The fourth-order valence-electron chi connectivity index (χ4n) is 16.3. The summed E-state index contributed by atoms with van der Waals surface area (Å²) in [5.74, 6) is -2.21. The van der Waals surface area contributed by atoms with Crippen molar-refractivity contribution in [2.75, 3.05) is 26.2 Å². The minimum absolute atomic E-state index is 0.0690. The standard InChI is InChI=1S/C53H60N6O8/c1-47(2)22-20-28-32(66-47)14-12-30-38-41-51-31-13-15-33-29(21-23-48(3,4)67-33)40(31)59(65)43(51)50(7,8)34-16-18-36(60)54-52(34,45(62)55-26-11-27-55)44(51)57-37(61)19-17-35(49(5,6)42(38)58(64)39(28)30)53(41,57)46(63)56-24-9-10-25-56/h12-15,20-23,34-35,41,44,64H,9-11,16-19,24-27H2,1-8H3,(H,54,60)/t34-,35-,41+,44-,51?,52+,53+/m0/s1. The van der Waals surface area contributed by atoms with E-state index in [-0.39, 0.29) is 36.5 Å². The Bertz CT molecular complexity index is 2960. The Balaban J connectivity index is 1.26. The van der Waals surface area contributed by atoms with Gasteiger partial charge in [-0.3, -0.25) is 19.2 Å². The normalized spacial score (nSPS) is 34.7. The summed E-state index contributed by atoms with van der Waals surface area (Å²) in [6, 6.07) is 6.52. The lowest BCUT2D eigenvalue weighted by atomic mass is 9.41. The number of carbonyl (C=O) groups excluding carboxylic acids is 4. The summed E-state index contributed by atoms with van der Waals surface area (Å²) in [6.07, 6.45) is 11.1. The summed E-state index contributed by atoms with van der Waals surface area (Å²) in [4.78, 5) is 69.3. The number of benzene rings is 2. The number of carbonyl (C=O) groups is 4. The molecule has 1 spiro atoms. The monoisotopic (exact) mass is 908 g/mol. The van der Waals surface area contributed by atoms with Gasteiger partial charge in [0.15, 0.2) is 5.71 Å². The number of fused-ring (bicyclic) bond motifs is 12. The second kappa shape index (κ2) is 12.5. The Labute approximate surface area is 390 Å². The molecule has 14 nitrogen and oxygen atoms in total. The Morgan fingerprint density at radius 1 is 0.776 bits per heavy atom. The van der Waals surface area contributed by atoms with Crippen LogP contribution in [0.1, 0.15) is 134 Å². The van der Waals surface area contributed by atoms with Crippen LogP contribution in [0.5, 0.6) is 11.5 Å². The van der Waals surface area contributed by atoms with E-state index in [0.29, 0.717) is 101 Å². The molecule has 2 aromatic carbocycles. The van der Waals surface area contributed by atoms with E-state index < -0.39 is 62.3 Å². The molecule has 0 bridgehead atoms. The number of piperidine rings is 2. The molecule has 10 aliphatic rings. The highest BCUT2D eigenvalue weighted by atomic mass is 16.5. The molecule has 9 heterocycles. The molecule has 67 heavy (non-hydrogen) atoms. The predicted octanol–water partition coefficient (Wildman–Crippen LogP) is 6.68. The van der Waals surface area contributed by atoms with Crippen LogP contribution in [0.25, 0.3) is 23.1 Å². The zero-order chi connectivity index (χ0) is 46.9. The topological polar surface area (TPSA) is 160 Å². The SMILES string of the molecule is CC1(C)C=Cc2c(ccc3c2[N+]([O-])=C2C(C)(C)[C@@H]4CCC(=O)N[C@@]4(C(=O)N4CCC4)[C@H]4N5C(=O)CC[C@H]6C(C)(C)c7c(c8ccc9c(c8n7O)C=CC(C)(C)O9)[C@H](C234)[C@@]65C(=O)N2CCCC2)O1. The number of amides is 4. The molecule has 350 valence electrons. The quantitative estimate of drug-likeness (QED) is 0.164. The molecule has 7 atom stereocenters. The van der Waals surface area contributed by atoms with Crippen molar-refractivity contribution in [1.82, 2.24) is 24.7 Å². The van der Waals surface area contributed by atoms with Gasteiger partial charge in [-0.15, -0.1) is 0 Å². The van der Waals surface area contributed by atoms with Gasteiger partial charge < -0.3 is 39.9 Å². The second-order valence-corrected chi connectivity index (χ2v) is 23.5. The van der Waals surface area contributed by atoms with Crippen molar-refractivity contribution in [1.29, 1.82) is 0 Å². The van der Waals surface area contributed by atoms with E-state index >= 15 is 19.6 Å². The van der Waals surface area contributed by atoms with E-state index in [1.807, 2.05) is 105 Å². The molecule has 1 saturated carbocycles. The lowest BCUT2D eigenvalue weighted by Gasteiger charge is -2.63. The van der Waals surface area contributed by atoms with Crippen LogP contribution >= 0.6 is 0 Å². The third-order valence-corrected chi connectivity index (χ3v) is 18.5. The summed E-state index contributed by atoms with van der Waals surface area (Å²) < 4.78 is 15.5. The fraction of sp³-hybridized carbons (Fsp3) is 0.566. The summed E-state index contributed by atoms with van der Waals surface area (Å²) in [6.45, 7) is 18.1. The zero-order valence-electron chi connectivity index (χ0n) is 39.7. The molecule has 1 unspecified atom stereocenters. The van der Waals surface area contributed by atoms with Gasteiger partial charge in [-0.2, -0.15) is 9.47 Å². The first kappa shape index (κ1) is 41.4. The van der Waals surface area contributed by atoms with E-state index in [1.165, 1.54) is 4.73 Å². The van der Waals surface area contributed by atoms with Crippen molar-refractivity contribution in [2.45, 2.75) is 145 Å². The van der Waals surface area contributed by atoms with E-state index in [2.05, 4.69) is 19.2 Å². The minimum Gasteiger partial charge on any atom is -0.618 e. The van der Waals surface area contributed by atoms with Crippen LogP contribution in [-0.2, 0) is 30.0 Å². The average molecular weight is 909 g/mol. The predicted molar refractivity (Wildman–Crippen MR) is 249 cm³/mol. The van der Waals surface area contributed by atoms with Crippen molar-refractivity contribution >= 4 is 58.1 Å². The van der Waals surface area contributed by atoms with Gasteiger partial charge >= 0.3 is 0 Å². The molecule has 2 N–H and O–H groups in total. The molecule has 13 rings (SSSR count). The molecule has 5 saturated heterocycles. The third-order valence-electron chi connectivity index (χ3n) is 18.5. The highest BCUT2D eigenvalue weighted by Gasteiger charge is 2.91. The zero-order valence-corrected chi connectivity index (χ0v) is 39.7. The fourth-order valence-corrected chi connectivity index (χ4v) is 16.3. The Kier molecular flexibility index (Phi) is 7.69. The smallest absolute Gasteiger partial charge is 0.250 e. The van der Waals surface area contributed by atoms with Crippen molar-refractivity contribution in [3.8, 4) is 11.5 Å². The molecule has 0 radical (unpaired) electrons. The highest BCUT2D eigenvalue weighted by Crippen LogP contribution is 2.78. The van der Waals surface area contributed by atoms with Crippen LogP contribution in [0.15, 0.2) is 36.4 Å². The molecule has 2 aliphatic carbocycles. The van der Waals surface area contributed by atoms with Gasteiger partial charge in [0.05, 0.1) is 28.2 Å². The second-order valence-electron chi connectivity index (χ2n) is 23.5. The number of aromatic nitrogens is 1. The van der Waals surface area contributed by atoms with Crippen LogP contribution in [0.4, 0.5) is 5.69 Å². The van der Waals surface area contributed by atoms with E-state index in [4.69, 9.17) is 9.47 Å². The first-order chi connectivity index (χ1) is 31.7. The molecule has 1 aromatic heterocycles. The Morgan fingerprint density at radius 2 is 1.39 bits per heavy atom. The highest BCUT2D eigenvalue weighted by molar-refractivity contribution is 6.14. The summed E-state index contributed by atoms with van der Waals surface area (Å²) >= 11 is 0. The Hall–Kier alpha value is -5.79. The van der Waals surface area contributed by atoms with Crippen molar-refractivity contribution in [3.05, 3.63) is 69.6 Å². The first-order valence-electron chi connectivity index (χ1n) is 24.6. The number of likely N-dealkylation sites (tertiary alicyclic amines) is 2. The van der Waals surface area contributed by atoms with Gasteiger partial charge in [-0.25, -0.2) is 0 Å². The van der Waals surface area contributed by atoms with Crippen LogP contribution in [0.3, 0.4) is 0 Å². The van der Waals surface area contributed by atoms with Crippen LogP contribution in [0, 0.1) is 22.5 Å². The van der Waals surface area contributed by atoms with Gasteiger partial charge in [0, 0.05) is 78.7 Å². The molecule has 8 aliphatic heterocycles. The van der Waals surface area contributed by atoms with Crippen LogP contribution < -0.4 is 14.8 Å². The number of nitrogens with one attached hydrogen (secondary N) is 1. The minimum atomic E-state index is -1.76. The molecule has 6 fully saturated rings. The number of ether oxygens (including phenoxy) is 2. The first-order valence-corrected chi connectivity index (χ1v) is 24.6. The molecular weight excluding hydrogens is 849 g/mol. The van der Waals surface area contributed by atoms with Gasteiger partial charge in [0.2, 0.25) is 23.4 Å². The average Bonchev–Trinajstić information content (AvgIpc) is 4.00. The third kappa shape index (κ3) is 4.53. The summed E-state index contributed by atoms with van der Waals surface area (Å²) in [5, 5.41) is 33.8. The van der Waals surface area contributed by atoms with E-state index in [1.54, 1.807) is 0 Å². The maximum atomic E-state index is 16.9. The van der Waals surface area contributed by atoms with E-state index in [0.717, 1.165) is 24.0 Å². The lowest BCUT2D eigenvalue weighted by Crippen LogP contribution is -2.84. The van der Waals surface area contributed by atoms with Gasteiger partial charge in [0.25, 0.3) is 5.91 Å². The van der Waals surface area contributed by atoms with Crippen molar-refractivity contribution in [2.24, 2.45) is 17.3 Å². The number of rotatable bonds is 2. The summed E-state index contributed by atoms with van der Waals surface area (Å²) in [7, 11) is 0. The maximum absolute atomic E-state index is 16.9. The van der Waals surface area contributed by atoms with Crippen LogP contribution in [-0.4, -0.2) is 113 Å². The number of nitrogens with zero attached hydrogens (tertiary/aromatic N) is 5. The lowest BCUT2D eigenvalue weighted by molar-refractivity contribution is -0.366.